The predicted molar refractivity (Wildman–Crippen MR) is 60.3 cm³/mol. The van der Waals surface area contributed by atoms with Crippen LogP contribution in [0, 0.1) is 5.92 Å². The van der Waals surface area contributed by atoms with Crippen molar-refractivity contribution in [1.82, 2.24) is 0 Å². The van der Waals surface area contributed by atoms with Gasteiger partial charge in [-0.05, 0) is 30.7 Å². The third kappa shape index (κ3) is 2.38. The third-order valence-electron chi connectivity index (χ3n) is 3.35. The second kappa shape index (κ2) is 4.47. The normalized spacial score (nSPS) is 26.1. The van der Waals surface area contributed by atoms with Crippen LogP contribution in [-0.4, -0.2) is 5.91 Å². The number of nitrogens with two attached hydrogens (primary N) is 1. The van der Waals surface area contributed by atoms with Crippen molar-refractivity contribution >= 4 is 5.91 Å². The molecule has 0 bridgehead atoms. The lowest BCUT2D eigenvalue weighted by Gasteiger charge is -2.27. The number of carbonyl (C=O) groups excluding carboxylic acids is 1. The Morgan fingerprint density at radius 1 is 1.20 bits per heavy atom. The molecule has 0 aromatic heterocycles. The van der Waals surface area contributed by atoms with Crippen LogP contribution in [0.2, 0.25) is 0 Å². The van der Waals surface area contributed by atoms with Crippen LogP contribution < -0.4 is 5.73 Å². The number of amides is 1. The molecule has 0 saturated heterocycles. The van der Waals surface area contributed by atoms with E-state index in [4.69, 9.17) is 5.73 Å². The van der Waals surface area contributed by atoms with E-state index in [1.165, 1.54) is 12.0 Å². The van der Waals surface area contributed by atoms with Crippen LogP contribution in [0.4, 0.5) is 0 Å². The zero-order chi connectivity index (χ0) is 10.7. The van der Waals surface area contributed by atoms with Gasteiger partial charge in [0.15, 0.2) is 0 Å². The van der Waals surface area contributed by atoms with E-state index in [0.717, 1.165) is 19.3 Å². The second-order valence-corrected chi connectivity index (χ2v) is 4.37. The average Bonchev–Trinajstić information content (AvgIpc) is 2.30. The predicted octanol–water partition coefficient (Wildman–Crippen LogP) is 2.45. The average molecular weight is 203 g/mol. The summed E-state index contributed by atoms with van der Waals surface area (Å²) in [7, 11) is 0. The highest BCUT2D eigenvalue weighted by Crippen LogP contribution is 2.35. The maximum Gasteiger partial charge on any atom is 0.220 e. The molecule has 2 atom stereocenters. The van der Waals surface area contributed by atoms with Gasteiger partial charge in [-0.15, -0.1) is 0 Å². The fourth-order valence-electron chi connectivity index (χ4n) is 2.48. The second-order valence-electron chi connectivity index (χ2n) is 4.37. The summed E-state index contributed by atoms with van der Waals surface area (Å²) >= 11 is 0. The molecule has 1 aliphatic rings. The summed E-state index contributed by atoms with van der Waals surface area (Å²) in [6, 6.07) is 10.4. The number of benzene rings is 1. The highest BCUT2D eigenvalue weighted by Gasteiger charge is 2.26. The molecular weight excluding hydrogens is 186 g/mol. The van der Waals surface area contributed by atoms with Crippen molar-refractivity contribution in [2.45, 2.75) is 31.6 Å². The molecular formula is C13H17NO. The molecule has 1 aromatic rings. The maximum atomic E-state index is 11.2. The summed E-state index contributed by atoms with van der Waals surface area (Å²) < 4.78 is 0. The molecule has 1 aromatic carbocycles. The monoisotopic (exact) mass is 203 g/mol. The molecule has 0 aliphatic heterocycles. The molecule has 0 radical (unpaired) electrons. The lowest BCUT2D eigenvalue weighted by atomic mass is 9.78. The van der Waals surface area contributed by atoms with Crippen LogP contribution in [0.25, 0.3) is 0 Å². The van der Waals surface area contributed by atoms with Gasteiger partial charge in [-0.1, -0.05) is 36.8 Å². The first-order chi connectivity index (χ1) is 7.27. The maximum absolute atomic E-state index is 11.2. The summed E-state index contributed by atoms with van der Waals surface area (Å²) in [4.78, 5) is 11.2. The molecule has 1 saturated carbocycles. The molecule has 2 heteroatoms. The van der Waals surface area contributed by atoms with Gasteiger partial charge < -0.3 is 5.73 Å². The summed E-state index contributed by atoms with van der Waals surface area (Å²) in [5, 5.41) is 0. The van der Waals surface area contributed by atoms with Crippen molar-refractivity contribution in [1.29, 1.82) is 0 Å². The van der Waals surface area contributed by atoms with Crippen LogP contribution in [-0.2, 0) is 4.79 Å². The zero-order valence-electron chi connectivity index (χ0n) is 8.86. The van der Waals surface area contributed by atoms with E-state index in [9.17, 15) is 4.79 Å². The molecule has 2 unspecified atom stereocenters. The molecule has 0 heterocycles. The Bertz CT molecular complexity index is 334. The van der Waals surface area contributed by atoms with Gasteiger partial charge in [0.2, 0.25) is 5.91 Å². The van der Waals surface area contributed by atoms with Crippen LogP contribution >= 0.6 is 0 Å². The number of hydrogen-bond acceptors (Lipinski definition) is 1. The fourth-order valence-corrected chi connectivity index (χ4v) is 2.48. The van der Waals surface area contributed by atoms with Gasteiger partial charge in [0.25, 0.3) is 0 Å². The van der Waals surface area contributed by atoms with E-state index >= 15 is 0 Å². The first kappa shape index (κ1) is 10.2. The van der Waals surface area contributed by atoms with E-state index in [0.29, 0.717) is 5.92 Å². The van der Waals surface area contributed by atoms with Gasteiger partial charge in [-0.2, -0.15) is 0 Å². The summed E-state index contributed by atoms with van der Waals surface area (Å²) in [6.45, 7) is 0. The van der Waals surface area contributed by atoms with Crippen molar-refractivity contribution in [3.8, 4) is 0 Å². The number of carbonyl (C=O) groups is 1. The quantitative estimate of drug-likeness (QED) is 0.788. The highest BCUT2D eigenvalue weighted by molar-refractivity contribution is 5.76. The molecule has 80 valence electrons. The number of rotatable bonds is 2. The minimum Gasteiger partial charge on any atom is -0.369 e. The minimum absolute atomic E-state index is 0.0870. The Labute approximate surface area is 90.5 Å². The van der Waals surface area contributed by atoms with Gasteiger partial charge in [-0.3, -0.25) is 4.79 Å². The van der Waals surface area contributed by atoms with Crippen molar-refractivity contribution in [3.63, 3.8) is 0 Å². The molecule has 2 N–H and O–H groups in total. The molecule has 2 rings (SSSR count). The fraction of sp³-hybridized carbons (Fsp3) is 0.462. The Hall–Kier alpha value is -1.31. The summed E-state index contributed by atoms with van der Waals surface area (Å²) in [5.74, 6) is 0.483. The Morgan fingerprint density at radius 3 is 2.60 bits per heavy atom. The Morgan fingerprint density at radius 2 is 1.93 bits per heavy atom. The van der Waals surface area contributed by atoms with Crippen molar-refractivity contribution < 1.29 is 4.79 Å². The third-order valence-corrected chi connectivity index (χ3v) is 3.35. The standard InChI is InChI=1S/C13H17NO/c14-13(15)12-8-4-7-11(9-12)10-5-2-1-3-6-10/h1-3,5-6,11-12H,4,7-9H2,(H2,14,15). The smallest absolute Gasteiger partial charge is 0.220 e. The Balaban J connectivity index is 2.08. The van der Waals surface area contributed by atoms with E-state index in [1.54, 1.807) is 0 Å². The van der Waals surface area contributed by atoms with E-state index in [1.807, 2.05) is 6.07 Å². The molecule has 0 spiro atoms. The lowest BCUT2D eigenvalue weighted by Crippen LogP contribution is -2.27. The topological polar surface area (TPSA) is 43.1 Å². The molecule has 1 fully saturated rings. The van der Waals surface area contributed by atoms with Gasteiger partial charge in [-0.25, -0.2) is 0 Å². The van der Waals surface area contributed by atoms with Gasteiger partial charge in [0, 0.05) is 5.92 Å². The van der Waals surface area contributed by atoms with Gasteiger partial charge >= 0.3 is 0 Å². The largest absolute Gasteiger partial charge is 0.369 e. The molecule has 15 heavy (non-hydrogen) atoms. The van der Waals surface area contributed by atoms with Crippen LogP contribution in [0.1, 0.15) is 37.2 Å². The summed E-state index contributed by atoms with van der Waals surface area (Å²) in [6.07, 6.45) is 4.21. The molecule has 2 nitrogen and oxygen atoms in total. The summed E-state index contributed by atoms with van der Waals surface area (Å²) in [5.41, 5.74) is 6.72. The van der Waals surface area contributed by atoms with E-state index in [2.05, 4.69) is 24.3 Å². The zero-order valence-corrected chi connectivity index (χ0v) is 8.86. The highest BCUT2D eigenvalue weighted by atomic mass is 16.1. The Kier molecular flexibility index (Phi) is 3.05. The van der Waals surface area contributed by atoms with Gasteiger partial charge in [0.1, 0.15) is 0 Å². The van der Waals surface area contributed by atoms with Crippen LogP contribution in [0.3, 0.4) is 0 Å². The van der Waals surface area contributed by atoms with Crippen molar-refractivity contribution in [2.24, 2.45) is 11.7 Å². The lowest BCUT2D eigenvalue weighted by molar-refractivity contribution is -0.122. The van der Waals surface area contributed by atoms with E-state index in [-0.39, 0.29) is 11.8 Å². The molecule has 1 amide bonds. The van der Waals surface area contributed by atoms with Crippen LogP contribution in [0.15, 0.2) is 30.3 Å². The van der Waals surface area contributed by atoms with Crippen LogP contribution in [0.5, 0.6) is 0 Å². The van der Waals surface area contributed by atoms with E-state index < -0.39 is 0 Å². The SMILES string of the molecule is NC(=O)C1CCCC(c2ccccc2)C1. The van der Waals surface area contributed by atoms with Crippen molar-refractivity contribution in [2.75, 3.05) is 0 Å². The van der Waals surface area contributed by atoms with Crippen molar-refractivity contribution in [3.05, 3.63) is 35.9 Å². The minimum atomic E-state index is -0.129. The first-order valence-corrected chi connectivity index (χ1v) is 5.61. The number of primary amides is 1. The first-order valence-electron chi connectivity index (χ1n) is 5.61. The van der Waals surface area contributed by atoms with Gasteiger partial charge in [0.05, 0.1) is 0 Å². The molecule has 1 aliphatic carbocycles. The number of hydrogen-bond donors (Lipinski definition) is 1.